The number of hydrogen-bond donors (Lipinski definition) is 1. The third-order valence-electron chi connectivity index (χ3n) is 6.75. The third-order valence-corrected chi connectivity index (χ3v) is 8.39. The summed E-state index contributed by atoms with van der Waals surface area (Å²) in [6.07, 6.45) is 6.07. The van der Waals surface area contributed by atoms with Crippen LogP contribution in [0.5, 0.6) is 0 Å². The predicted molar refractivity (Wildman–Crippen MR) is 129 cm³/mol. The average Bonchev–Trinajstić information content (AvgIpc) is 3.15. The van der Waals surface area contributed by atoms with Crippen LogP contribution in [-0.2, 0) is 35.0 Å². The Morgan fingerprint density at radius 3 is 2.51 bits per heavy atom. The number of amides is 1. The lowest BCUT2D eigenvalue weighted by atomic mass is 10.2. The van der Waals surface area contributed by atoms with E-state index in [1.54, 1.807) is 29.0 Å². The Morgan fingerprint density at radius 2 is 1.89 bits per heavy atom. The van der Waals surface area contributed by atoms with Gasteiger partial charge in [0.2, 0.25) is 15.9 Å². The Balaban J connectivity index is 1.62. The van der Waals surface area contributed by atoms with Gasteiger partial charge in [0.25, 0.3) is 5.56 Å². The number of aryl methyl sites for hydroxylation is 1. The van der Waals surface area contributed by atoms with Gasteiger partial charge in [-0.15, -0.1) is 0 Å². The summed E-state index contributed by atoms with van der Waals surface area (Å²) in [7, 11) is -2.10. The van der Waals surface area contributed by atoms with Crippen LogP contribution in [0.3, 0.4) is 0 Å². The van der Waals surface area contributed by atoms with Gasteiger partial charge in [0.05, 0.1) is 28.5 Å². The molecule has 1 N–H and O–H groups in total. The summed E-state index contributed by atoms with van der Waals surface area (Å²) in [6, 6.07) is 4.25. The second-order valence-corrected chi connectivity index (χ2v) is 11.4. The van der Waals surface area contributed by atoms with E-state index in [1.165, 1.54) is 22.8 Å². The molecule has 186 valence electrons. The van der Waals surface area contributed by atoms with Gasteiger partial charge in [-0.3, -0.25) is 23.4 Å². The molecule has 1 saturated heterocycles. The van der Waals surface area contributed by atoms with Crippen LogP contribution in [0.15, 0.2) is 45.1 Å². The fourth-order valence-corrected chi connectivity index (χ4v) is 5.99. The summed E-state index contributed by atoms with van der Waals surface area (Å²) < 4.78 is 32.7. The molecule has 0 unspecified atom stereocenters. The molecule has 2 fully saturated rings. The van der Waals surface area contributed by atoms with Crippen LogP contribution in [0.4, 0.5) is 0 Å². The van der Waals surface area contributed by atoms with E-state index >= 15 is 0 Å². The Morgan fingerprint density at radius 1 is 1.11 bits per heavy atom. The summed E-state index contributed by atoms with van der Waals surface area (Å²) in [5.74, 6) is 0.0408. The van der Waals surface area contributed by atoms with E-state index in [0.29, 0.717) is 30.6 Å². The first-order valence-corrected chi connectivity index (χ1v) is 13.1. The zero-order valence-electron chi connectivity index (χ0n) is 19.7. The standard InChI is InChI=1S/C23H28N6O5S/c1-23(7-8-23)25-35(33,34)17-5-6-19-18(12-17)21(31)29(15-16-13-24-26(2)14-16)22(32)28(19)11-10-27-9-3-4-20(27)30/h5-6,12-14,25H,3-4,7-11,15H2,1-2H3. The van der Waals surface area contributed by atoms with Crippen LogP contribution in [0.1, 0.15) is 38.2 Å². The van der Waals surface area contributed by atoms with E-state index in [9.17, 15) is 22.8 Å². The predicted octanol–water partition coefficient (Wildman–Crippen LogP) is 0.398. The molecule has 1 aromatic carbocycles. The van der Waals surface area contributed by atoms with Gasteiger partial charge >= 0.3 is 5.69 Å². The highest BCUT2D eigenvalue weighted by Gasteiger charge is 2.41. The maximum Gasteiger partial charge on any atom is 0.331 e. The summed E-state index contributed by atoms with van der Waals surface area (Å²) in [6.45, 7) is 2.99. The lowest BCUT2D eigenvalue weighted by Gasteiger charge is -2.19. The number of carbonyl (C=O) groups is 1. The molecule has 0 bridgehead atoms. The number of carbonyl (C=O) groups excluding carboxylic acids is 1. The molecule has 2 aliphatic rings. The maximum atomic E-state index is 13.4. The quantitative estimate of drug-likeness (QED) is 0.477. The molecule has 5 rings (SSSR count). The number of nitrogens with one attached hydrogen (secondary N) is 1. The van der Waals surface area contributed by atoms with Gasteiger partial charge in [0.15, 0.2) is 0 Å². The van der Waals surface area contributed by atoms with Crippen molar-refractivity contribution in [3.8, 4) is 0 Å². The first-order valence-electron chi connectivity index (χ1n) is 11.6. The second-order valence-electron chi connectivity index (χ2n) is 9.68. The molecule has 3 aromatic rings. The normalized spacial score (nSPS) is 17.4. The SMILES string of the molecule is Cn1cc(Cn2c(=O)c3cc(S(=O)(=O)NC4(C)CC4)ccc3n(CCN3CCCC3=O)c2=O)cn1. The fraction of sp³-hybridized carbons (Fsp3) is 0.478. The van der Waals surface area contributed by atoms with E-state index < -0.39 is 26.8 Å². The Kier molecular flexibility index (Phi) is 5.67. The molecule has 0 spiro atoms. The van der Waals surface area contributed by atoms with E-state index in [0.717, 1.165) is 23.8 Å². The largest absolute Gasteiger partial charge is 0.341 e. The lowest BCUT2D eigenvalue weighted by molar-refractivity contribution is -0.127. The molecule has 1 amide bonds. The first kappa shape index (κ1) is 23.5. The van der Waals surface area contributed by atoms with E-state index in [4.69, 9.17) is 0 Å². The molecule has 35 heavy (non-hydrogen) atoms. The summed E-state index contributed by atoms with van der Waals surface area (Å²) in [5.41, 5.74) is -0.547. The van der Waals surface area contributed by atoms with Gasteiger partial charge in [0.1, 0.15) is 0 Å². The third kappa shape index (κ3) is 4.55. The molecule has 1 saturated carbocycles. The van der Waals surface area contributed by atoms with Crippen molar-refractivity contribution in [3.63, 3.8) is 0 Å². The average molecular weight is 501 g/mol. The van der Waals surface area contributed by atoms with Crippen LogP contribution in [-0.4, -0.2) is 56.8 Å². The molecule has 11 nitrogen and oxygen atoms in total. The lowest BCUT2D eigenvalue weighted by Crippen LogP contribution is -2.42. The molecule has 1 aliphatic heterocycles. The highest BCUT2D eigenvalue weighted by atomic mass is 32.2. The minimum Gasteiger partial charge on any atom is -0.341 e. The number of aromatic nitrogens is 4. The van der Waals surface area contributed by atoms with Crippen molar-refractivity contribution in [3.05, 3.63) is 57.0 Å². The molecule has 2 aromatic heterocycles. The number of rotatable bonds is 8. The fourth-order valence-electron chi connectivity index (χ4n) is 4.50. The highest BCUT2D eigenvalue weighted by molar-refractivity contribution is 7.89. The number of sulfonamides is 1. The van der Waals surface area contributed by atoms with E-state index in [1.807, 2.05) is 6.92 Å². The molecule has 0 atom stereocenters. The van der Waals surface area contributed by atoms with Gasteiger partial charge in [0, 0.05) is 50.4 Å². The number of likely N-dealkylation sites (tertiary alicyclic amines) is 1. The van der Waals surface area contributed by atoms with Gasteiger partial charge in [-0.1, -0.05) is 0 Å². The smallest absolute Gasteiger partial charge is 0.331 e. The van der Waals surface area contributed by atoms with Crippen molar-refractivity contribution < 1.29 is 13.2 Å². The topological polar surface area (TPSA) is 128 Å². The highest BCUT2D eigenvalue weighted by Crippen LogP contribution is 2.36. The van der Waals surface area contributed by atoms with Gasteiger partial charge in [-0.25, -0.2) is 17.9 Å². The van der Waals surface area contributed by atoms with Crippen molar-refractivity contribution in [1.82, 2.24) is 28.5 Å². The summed E-state index contributed by atoms with van der Waals surface area (Å²) >= 11 is 0. The molecule has 3 heterocycles. The zero-order valence-corrected chi connectivity index (χ0v) is 20.5. The molecular formula is C23H28N6O5S. The molecule has 1 aliphatic carbocycles. The minimum absolute atomic E-state index is 0.00259. The Hall–Kier alpha value is -3.25. The zero-order chi connectivity index (χ0) is 25.0. The van der Waals surface area contributed by atoms with Crippen molar-refractivity contribution in [2.24, 2.45) is 7.05 Å². The van der Waals surface area contributed by atoms with Crippen LogP contribution < -0.4 is 16.0 Å². The minimum atomic E-state index is -3.84. The van der Waals surface area contributed by atoms with Crippen molar-refractivity contribution in [2.75, 3.05) is 13.1 Å². The van der Waals surface area contributed by atoms with Crippen LogP contribution in [0.2, 0.25) is 0 Å². The number of benzene rings is 1. The van der Waals surface area contributed by atoms with Crippen molar-refractivity contribution in [1.29, 1.82) is 0 Å². The monoisotopic (exact) mass is 500 g/mol. The van der Waals surface area contributed by atoms with E-state index in [2.05, 4.69) is 9.82 Å². The van der Waals surface area contributed by atoms with Crippen molar-refractivity contribution in [2.45, 2.75) is 56.1 Å². The maximum absolute atomic E-state index is 13.4. The van der Waals surface area contributed by atoms with E-state index in [-0.39, 0.29) is 29.3 Å². The van der Waals surface area contributed by atoms with Crippen LogP contribution >= 0.6 is 0 Å². The first-order chi connectivity index (χ1) is 16.6. The summed E-state index contributed by atoms with van der Waals surface area (Å²) in [4.78, 5) is 40.6. The van der Waals surface area contributed by atoms with Crippen molar-refractivity contribution >= 4 is 26.8 Å². The van der Waals surface area contributed by atoms with Gasteiger partial charge in [-0.2, -0.15) is 5.10 Å². The van der Waals surface area contributed by atoms with Gasteiger partial charge in [-0.05, 0) is 44.4 Å². The number of nitrogens with zero attached hydrogens (tertiary/aromatic N) is 5. The number of hydrogen-bond acceptors (Lipinski definition) is 6. The summed E-state index contributed by atoms with van der Waals surface area (Å²) in [5, 5.41) is 4.23. The Labute approximate surface area is 202 Å². The molecule has 12 heteroatoms. The Bertz CT molecular complexity index is 1550. The van der Waals surface area contributed by atoms with Gasteiger partial charge < -0.3 is 4.90 Å². The van der Waals surface area contributed by atoms with Crippen LogP contribution in [0, 0.1) is 0 Å². The number of fused-ring (bicyclic) bond motifs is 1. The van der Waals surface area contributed by atoms with Crippen LogP contribution in [0.25, 0.3) is 10.9 Å². The second kappa shape index (κ2) is 8.45. The molecular weight excluding hydrogens is 472 g/mol. The molecule has 0 radical (unpaired) electrons.